The van der Waals surface area contributed by atoms with E-state index in [2.05, 4.69) is 32.6 Å². The predicted octanol–water partition coefficient (Wildman–Crippen LogP) is 2.96. The van der Waals surface area contributed by atoms with E-state index in [9.17, 15) is 0 Å². The van der Waals surface area contributed by atoms with E-state index in [1.807, 2.05) is 0 Å². The molecule has 1 heterocycles. The fraction of sp³-hybridized carbons (Fsp3) is 1.00. The number of rotatable bonds is 1. The van der Waals surface area contributed by atoms with Crippen LogP contribution in [0.4, 0.5) is 0 Å². The average Bonchev–Trinajstić information content (AvgIpc) is 2.24. The lowest BCUT2D eigenvalue weighted by molar-refractivity contribution is -0.336. The third kappa shape index (κ3) is 2.58. The van der Waals surface area contributed by atoms with Crippen molar-refractivity contribution in [1.82, 2.24) is 4.90 Å². The Bertz CT molecular complexity index is 230. The molecule has 16 heavy (non-hydrogen) atoms. The van der Waals surface area contributed by atoms with Gasteiger partial charge in [0.1, 0.15) is 13.5 Å². The Morgan fingerprint density at radius 3 is 1.88 bits per heavy atom. The molecule has 1 saturated carbocycles. The van der Waals surface area contributed by atoms with Crippen molar-refractivity contribution in [3.05, 3.63) is 0 Å². The third-order valence-corrected chi connectivity index (χ3v) is 4.08. The summed E-state index contributed by atoms with van der Waals surface area (Å²) in [6.45, 7) is 10.5. The van der Waals surface area contributed by atoms with Crippen LogP contribution in [0.2, 0.25) is 0 Å². The minimum atomic E-state index is -0.263. The van der Waals surface area contributed by atoms with Gasteiger partial charge in [0.2, 0.25) is 0 Å². The Labute approximate surface area is 99.1 Å². The Morgan fingerprint density at radius 2 is 1.44 bits per heavy atom. The molecular weight excluding hydrogens is 202 g/mol. The first-order valence-electron chi connectivity index (χ1n) is 6.45. The van der Waals surface area contributed by atoms with Crippen molar-refractivity contribution in [2.24, 2.45) is 5.41 Å². The maximum absolute atomic E-state index is 5.98. The SMILES string of the molecule is CC(C)N1COC2(CCC(C)(C)CC2)OC1. The van der Waals surface area contributed by atoms with E-state index < -0.39 is 0 Å². The van der Waals surface area contributed by atoms with Crippen molar-refractivity contribution in [3.63, 3.8) is 0 Å². The van der Waals surface area contributed by atoms with Gasteiger partial charge < -0.3 is 9.47 Å². The monoisotopic (exact) mass is 227 g/mol. The van der Waals surface area contributed by atoms with Gasteiger partial charge in [-0.15, -0.1) is 0 Å². The first-order valence-corrected chi connectivity index (χ1v) is 6.45. The van der Waals surface area contributed by atoms with Crippen molar-refractivity contribution in [2.75, 3.05) is 13.5 Å². The van der Waals surface area contributed by atoms with Gasteiger partial charge in [-0.1, -0.05) is 13.8 Å². The summed E-state index contributed by atoms with van der Waals surface area (Å²) in [5, 5.41) is 0. The maximum Gasteiger partial charge on any atom is 0.171 e. The molecule has 2 fully saturated rings. The van der Waals surface area contributed by atoms with E-state index in [1.165, 1.54) is 12.8 Å². The van der Waals surface area contributed by atoms with Gasteiger partial charge >= 0.3 is 0 Å². The van der Waals surface area contributed by atoms with Crippen LogP contribution in [0.15, 0.2) is 0 Å². The summed E-state index contributed by atoms with van der Waals surface area (Å²) in [5.41, 5.74) is 0.465. The van der Waals surface area contributed by atoms with Gasteiger partial charge in [0.15, 0.2) is 5.79 Å². The lowest BCUT2D eigenvalue weighted by Crippen LogP contribution is -2.52. The van der Waals surface area contributed by atoms with Gasteiger partial charge in [-0.3, -0.25) is 4.90 Å². The number of hydrogen-bond acceptors (Lipinski definition) is 3. The van der Waals surface area contributed by atoms with Crippen molar-refractivity contribution < 1.29 is 9.47 Å². The van der Waals surface area contributed by atoms with Crippen molar-refractivity contribution >= 4 is 0 Å². The van der Waals surface area contributed by atoms with Gasteiger partial charge in [0.05, 0.1) is 0 Å². The average molecular weight is 227 g/mol. The summed E-state index contributed by atoms with van der Waals surface area (Å²) in [7, 11) is 0. The van der Waals surface area contributed by atoms with E-state index in [0.717, 1.165) is 26.3 Å². The second kappa shape index (κ2) is 4.28. The summed E-state index contributed by atoms with van der Waals surface area (Å²) in [6, 6.07) is 0.498. The lowest BCUT2D eigenvalue weighted by Gasteiger charge is -2.48. The van der Waals surface area contributed by atoms with Crippen molar-refractivity contribution in [3.8, 4) is 0 Å². The molecule has 0 atom stereocenters. The highest BCUT2D eigenvalue weighted by atomic mass is 16.7. The molecule has 1 aliphatic heterocycles. The highest BCUT2D eigenvalue weighted by Gasteiger charge is 2.42. The second-order valence-electron chi connectivity index (χ2n) is 6.30. The smallest absolute Gasteiger partial charge is 0.171 e. The molecule has 0 N–H and O–H groups in total. The van der Waals surface area contributed by atoms with Gasteiger partial charge in [-0.25, -0.2) is 0 Å². The standard InChI is InChI=1S/C13H25NO2/c1-11(2)14-9-15-13(16-10-14)7-5-12(3,4)6-8-13/h11H,5-10H2,1-4H3. The van der Waals surface area contributed by atoms with Gasteiger partial charge in [0.25, 0.3) is 0 Å². The van der Waals surface area contributed by atoms with Crippen LogP contribution in [0.1, 0.15) is 53.4 Å². The van der Waals surface area contributed by atoms with Crippen LogP contribution in [-0.4, -0.2) is 30.2 Å². The predicted molar refractivity (Wildman–Crippen MR) is 63.9 cm³/mol. The Kier molecular flexibility index (Phi) is 3.30. The van der Waals surface area contributed by atoms with E-state index in [1.54, 1.807) is 0 Å². The van der Waals surface area contributed by atoms with E-state index in [4.69, 9.17) is 9.47 Å². The summed E-state index contributed by atoms with van der Waals surface area (Å²) < 4.78 is 12.0. The molecule has 0 unspecified atom stereocenters. The molecule has 3 nitrogen and oxygen atoms in total. The molecule has 1 saturated heterocycles. The number of ether oxygens (including phenoxy) is 2. The van der Waals surface area contributed by atoms with Crippen LogP contribution in [-0.2, 0) is 9.47 Å². The van der Waals surface area contributed by atoms with Gasteiger partial charge in [-0.2, -0.15) is 0 Å². The third-order valence-electron chi connectivity index (χ3n) is 4.08. The zero-order valence-corrected chi connectivity index (χ0v) is 11.1. The highest BCUT2D eigenvalue weighted by Crippen LogP contribution is 2.43. The van der Waals surface area contributed by atoms with E-state index in [-0.39, 0.29) is 5.79 Å². The van der Waals surface area contributed by atoms with E-state index >= 15 is 0 Å². The first kappa shape index (κ1) is 12.3. The molecule has 2 aliphatic rings. The van der Waals surface area contributed by atoms with Crippen LogP contribution < -0.4 is 0 Å². The fourth-order valence-electron chi connectivity index (χ4n) is 2.37. The summed E-state index contributed by atoms with van der Waals surface area (Å²) in [4.78, 5) is 2.21. The zero-order valence-electron chi connectivity index (χ0n) is 11.1. The summed E-state index contributed by atoms with van der Waals surface area (Å²) >= 11 is 0. The highest BCUT2D eigenvalue weighted by molar-refractivity contribution is 4.85. The molecular formula is C13H25NO2. The molecule has 94 valence electrons. The molecule has 0 radical (unpaired) electrons. The fourth-order valence-corrected chi connectivity index (χ4v) is 2.37. The largest absolute Gasteiger partial charge is 0.334 e. The van der Waals surface area contributed by atoms with Crippen LogP contribution in [0.5, 0.6) is 0 Å². The Morgan fingerprint density at radius 1 is 0.938 bits per heavy atom. The van der Waals surface area contributed by atoms with Gasteiger partial charge in [0, 0.05) is 18.9 Å². The molecule has 0 bridgehead atoms. The molecule has 0 amide bonds. The summed E-state index contributed by atoms with van der Waals surface area (Å²) in [5.74, 6) is -0.263. The van der Waals surface area contributed by atoms with Crippen LogP contribution >= 0.6 is 0 Å². The van der Waals surface area contributed by atoms with Crippen molar-refractivity contribution in [1.29, 1.82) is 0 Å². The van der Waals surface area contributed by atoms with Crippen LogP contribution in [0.3, 0.4) is 0 Å². The summed E-state index contributed by atoms with van der Waals surface area (Å²) in [6.07, 6.45) is 4.50. The minimum Gasteiger partial charge on any atom is -0.334 e. The maximum atomic E-state index is 5.98. The number of hydrogen-bond donors (Lipinski definition) is 0. The molecule has 0 aromatic carbocycles. The van der Waals surface area contributed by atoms with E-state index in [0.29, 0.717) is 11.5 Å². The molecule has 1 spiro atoms. The normalized spacial score (nSPS) is 29.8. The first-order chi connectivity index (χ1) is 7.43. The molecule has 1 aliphatic carbocycles. The zero-order chi connectivity index (χ0) is 11.8. The van der Waals surface area contributed by atoms with Crippen molar-refractivity contribution in [2.45, 2.75) is 65.2 Å². The molecule has 0 aromatic heterocycles. The molecule has 3 heteroatoms. The lowest BCUT2D eigenvalue weighted by atomic mass is 9.75. The van der Waals surface area contributed by atoms with Crippen LogP contribution in [0, 0.1) is 5.41 Å². The topological polar surface area (TPSA) is 21.7 Å². The Balaban J connectivity index is 1.89. The number of nitrogens with zero attached hydrogens (tertiary/aromatic N) is 1. The molecule has 0 aromatic rings. The van der Waals surface area contributed by atoms with Gasteiger partial charge in [-0.05, 0) is 32.1 Å². The Hall–Kier alpha value is -0.120. The minimum absolute atomic E-state index is 0.263. The van der Waals surface area contributed by atoms with Crippen LogP contribution in [0.25, 0.3) is 0 Å². The molecule has 2 rings (SSSR count). The second-order valence-corrected chi connectivity index (χ2v) is 6.30. The quantitative estimate of drug-likeness (QED) is 0.687.